The van der Waals surface area contributed by atoms with Gasteiger partial charge in [-0.1, -0.05) is 19.1 Å². The summed E-state index contributed by atoms with van der Waals surface area (Å²) in [6, 6.07) is 0. The van der Waals surface area contributed by atoms with Gasteiger partial charge in [-0.3, -0.25) is 10.1 Å². The minimum absolute atomic E-state index is 0.0726. The molecule has 0 radical (unpaired) electrons. The van der Waals surface area contributed by atoms with Crippen molar-refractivity contribution in [3.8, 4) is 0 Å². The summed E-state index contributed by atoms with van der Waals surface area (Å²) in [5.41, 5.74) is 1.05. The highest BCUT2D eigenvalue weighted by Crippen LogP contribution is 2.37. The van der Waals surface area contributed by atoms with Gasteiger partial charge in [-0.05, 0) is 12.3 Å². The summed E-state index contributed by atoms with van der Waals surface area (Å²) in [5, 5.41) is 10.0. The van der Waals surface area contributed by atoms with Crippen LogP contribution in [0, 0.1) is 22.0 Å². The Balaban J connectivity index is 2.34. The molecule has 0 spiro atoms. The van der Waals surface area contributed by atoms with Crippen molar-refractivity contribution in [2.75, 3.05) is 6.54 Å². The van der Waals surface area contributed by atoms with E-state index in [-0.39, 0.29) is 17.4 Å². The summed E-state index contributed by atoms with van der Waals surface area (Å²) in [6.45, 7) is 5.90. The third-order valence-corrected chi connectivity index (χ3v) is 2.16. The fourth-order valence-corrected chi connectivity index (χ4v) is 1.34. The van der Waals surface area contributed by atoms with E-state index in [9.17, 15) is 10.1 Å². The summed E-state index contributed by atoms with van der Waals surface area (Å²) in [6.07, 6.45) is 0.944. The fraction of sp³-hybridized carbons (Fsp3) is 0.714. The molecule has 3 nitrogen and oxygen atoms in total. The van der Waals surface area contributed by atoms with Gasteiger partial charge < -0.3 is 0 Å². The first-order valence-corrected chi connectivity index (χ1v) is 3.41. The molecule has 2 unspecified atom stereocenters. The minimum Gasteiger partial charge on any atom is -0.265 e. The first-order chi connectivity index (χ1) is 4.61. The van der Waals surface area contributed by atoms with Gasteiger partial charge in [0.25, 0.3) is 0 Å². The lowest BCUT2D eigenvalue weighted by Gasteiger charge is -2.32. The van der Waals surface area contributed by atoms with Gasteiger partial charge in [-0.25, -0.2) is 0 Å². The zero-order valence-corrected chi connectivity index (χ0v) is 6.04. The molecular formula is C7H11NO2. The second kappa shape index (κ2) is 2.40. The fourth-order valence-electron chi connectivity index (χ4n) is 1.34. The summed E-state index contributed by atoms with van der Waals surface area (Å²) in [4.78, 5) is 9.76. The molecule has 0 aromatic heterocycles. The van der Waals surface area contributed by atoms with Gasteiger partial charge in [0.2, 0.25) is 6.54 Å². The molecular weight excluding hydrogens is 130 g/mol. The topological polar surface area (TPSA) is 43.1 Å². The molecule has 56 valence electrons. The Labute approximate surface area is 59.9 Å². The molecule has 1 aliphatic carbocycles. The Morgan fingerprint density at radius 3 is 2.80 bits per heavy atom. The minimum atomic E-state index is -0.262. The van der Waals surface area contributed by atoms with E-state index in [4.69, 9.17) is 0 Å². The first kappa shape index (κ1) is 7.25. The molecule has 0 amide bonds. The van der Waals surface area contributed by atoms with Crippen LogP contribution in [0.5, 0.6) is 0 Å². The predicted octanol–water partition coefficient (Wildman–Crippen LogP) is 1.48. The van der Waals surface area contributed by atoms with Crippen molar-refractivity contribution in [2.24, 2.45) is 11.8 Å². The van der Waals surface area contributed by atoms with Gasteiger partial charge in [-0.2, -0.15) is 0 Å². The van der Waals surface area contributed by atoms with Gasteiger partial charge in [0, 0.05) is 10.8 Å². The molecule has 1 fully saturated rings. The average molecular weight is 141 g/mol. The Kier molecular flexibility index (Phi) is 1.74. The van der Waals surface area contributed by atoms with E-state index >= 15 is 0 Å². The van der Waals surface area contributed by atoms with Crippen LogP contribution in [0.2, 0.25) is 0 Å². The summed E-state index contributed by atoms with van der Waals surface area (Å²) in [7, 11) is 0. The third-order valence-electron chi connectivity index (χ3n) is 2.16. The maximum atomic E-state index is 10.0. The maximum absolute atomic E-state index is 10.0. The number of nitro groups is 1. The monoisotopic (exact) mass is 141 g/mol. The molecule has 0 saturated heterocycles. The van der Waals surface area contributed by atoms with Gasteiger partial charge in [0.05, 0.1) is 0 Å². The second-order valence-corrected chi connectivity index (χ2v) is 2.92. The number of hydrogen-bond donors (Lipinski definition) is 0. The van der Waals surface area contributed by atoms with Crippen molar-refractivity contribution in [3.05, 3.63) is 22.3 Å². The standard InChI is InChI=1S/C7H11NO2/c1-5-3-7(6(5)2)4-8(9)10/h5,7H,2-4H2,1H3. The molecule has 0 aromatic carbocycles. The van der Waals surface area contributed by atoms with Crippen molar-refractivity contribution in [1.82, 2.24) is 0 Å². The smallest absolute Gasteiger partial charge is 0.210 e. The molecule has 1 aliphatic rings. The predicted molar refractivity (Wildman–Crippen MR) is 38.3 cm³/mol. The van der Waals surface area contributed by atoms with Crippen LogP contribution in [-0.2, 0) is 0 Å². The van der Waals surface area contributed by atoms with Gasteiger partial charge in [0.1, 0.15) is 0 Å². The van der Waals surface area contributed by atoms with Crippen LogP contribution in [0.15, 0.2) is 12.2 Å². The van der Waals surface area contributed by atoms with Crippen molar-refractivity contribution in [2.45, 2.75) is 13.3 Å². The summed E-state index contributed by atoms with van der Waals surface area (Å²) >= 11 is 0. The van der Waals surface area contributed by atoms with E-state index in [1.54, 1.807) is 0 Å². The van der Waals surface area contributed by atoms with E-state index in [2.05, 4.69) is 13.5 Å². The molecule has 1 saturated carbocycles. The lowest BCUT2D eigenvalue weighted by molar-refractivity contribution is -0.488. The molecule has 0 bridgehead atoms. The molecule has 3 heteroatoms. The zero-order valence-electron chi connectivity index (χ0n) is 6.04. The third kappa shape index (κ3) is 1.17. The van der Waals surface area contributed by atoms with E-state index in [0.29, 0.717) is 5.92 Å². The van der Waals surface area contributed by atoms with Crippen molar-refractivity contribution in [3.63, 3.8) is 0 Å². The largest absolute Gasteiger partial charge is 0.265 e. The van der Waals surface area contributed by atoms with Crippen LogP contribution in [0.25, 0.3) is 0 Å². The first-order valence-electron chi connectivity index (χ1n) is 3.41. The molecule has 10 heavy (non-hydrogen) atoms. The van der Waals surface area contributed by atoms with Crippen LogP contribution < -0.4 is 0 Å². The molecule has 1 rings (SSSR count). The molecule has 0 N–H and O–H groups in total. The van der Waals surface area contributed by atoms with Gasteiger partial charge >= 0.3 is 0 Å². The van der Waals surface area contributed by atoms with Crippen LogP contribution in [0.3, 0.4) is 0 Å². The lowest BCUT2D eigenvalue weighted by atomic mass is 9.72. The zero-order chi connectivity index (χ0) is 7.72. The maximum Gasteiger partial charge on any atom is 0.210 e. The number of nitrogens with zero attached hydrogens (tertiary/aromatic N) is 1. The van der Waals surface area contributed by atoms with Crippen LogP contribution >= 0.6 is 0 Å². The SMILES string of the molecule is C=C1C(C)CC1C[N+](=O)[O-]. The quantitative estimate of drug-likeness (QED) is 0.332. The molecule has 2 atom stereocenters. The number of rotatable bonds is 2. The summed E-state index contributed by atoms with van der Waals surface area (Å²) < 4.78 is 0. The Morgan fingerprint density at radius 1 is 1.90 bits per heavy atom. The highest BCUT2D eigenvalue weighted by atomic mass is 16.6. The van der Waals surface area contributed by atoms with E-state index in [0.717, 1.165) is 12.0 Å². The van der Waals surface area contributed by atoms with Crippen molar-refractivity contribution in [1.29, 1.82) is 0 Å². The van der Waals surface area contributed by atoms with Crippen LogP contribution in [0.1, 0.15) is 13.3 Å². The highest BCUT2D eigenvalue weighted by molar-refractivity contribution is 5.14. The Morgan fingerprint density at radius 2 is 2.50 bits per heavy atom. The van der Waals surface area contributed by atoms with Crippen LogP contribution in [0.4, 0.5) is 0 Å². The normalized spacial score (nSPS) is 31.5. The van der Waals surface area contributed by atoms with E-state index in [1.807, 2.05) is 0 Å². The Bertz CT molecular complexity index is 176. The van der Waals surface area contributed by atoms with E-state index < -0.39 is 0 Å². The van der Waals surface area contributed by atoms with Gasteiger partial charge in [-0.15, -0.1) is 0 Å². The molecule has 0 aliphatic heterocycles. The van der Waals surface area contributed by atoms with Crippen molar-refractivity contribution < 1.29 is 4.92 Å². The highest BCUT2D eigenvalue weighted by Gasteiger charge is 2.33. The average Bonchev–Trinajstić information content (AvgIpc) is 1.86. The lowest BCUT2D eigenvalue weighted by Crippen LogP contribution is -2.30. The van der Waals surface area contributed by atoms with Crippen LogP contribution in [-0.4, -0.2) is 11.5 Å². The van der Waals surface area contributed by atoms with E-state index in [1.165, 1.54) is 0 Å². The number of hydrogen-bond acceptors (Lipinski definition) is 2. The van der Waals surface area contributed by atoms with Gasteiger partial charge in [0.15, 0.2) is 0 Å². The Hall–Kier alpha value is -0.860. The summed E-state index contributed by atoms with van der Waals surface area (Å²) in [5.74, 6) is 0.662. The second-order valence-electron chi connectivity index (χ2n) is 2.92. The molecule has 0 aromatic rings. The van der Waals surface area contributed by atoms with Crippen molar-refractivity contribution >= 4 is 0 Å². The molecule has 0 heterocycles.